The van der Waals surface area contributed by atoms with E-state index in [-0.39, 0.29) is 11.0 Å². The summed E-state index contributed by atoms with van der Waals surface area (Å²) in [5.41, 5.74) is 0. The molecule has 0 aliphatic heterocycles. The van der Waals surface area contributed by atoms with E-state index in [9.17, 15) is 17.2 Å². The molecule has 1 aromatic heterocycles. The van der Waals surface area contributed by atoms with Crippen LogP contribution in [-0.2, 0) is 10.0 Å². The number of benzene rings is 1. The zero-order chi connectivity index (χ0) is 14.0. The lowest BCUT2D eigenvalue weighted by Gasteiger charge is -2.07. The van der Waals surface area contributed by atoms with E-state index >= 15 is 0 Å². The summed E-state index contributed by atoms with van der Waals surface area (Å²) < 4.78 is 51.7. The first-order valence-electron chi connectivity index (χ1n) is 4.99. The maximum Gasteiger partial charge on any atom is 0.263 e. The Hall–Kier alpha value is -1.73. The monoisotopic (exact) mass is 304 g/mol. The summed E-state index contributed by atoms with van der Waals surface area (Å²) in [6.45, 7) is 0. The minimum absolute atomic E-state index is 0.0165. The Bertz CT molecular complexity index is 722. The van der Waals surface area contributed by atoms with Crippen LogP contribution < -0.4 is 4.72 Å². The topological polar surface area (TPSA) is 59.1 Å². The van der Waals surface area contributed by atoms with Crippen LogP contribution in [0.15, 0.2) is 41.3 Å². The number of rotatable bonds is 3. The van der Waals surface area contributed by atoms with E-state index in [2.05, 4.69) is 9.71 Å². The van der Waals surface area contributed by atoms with Gasteiger partial charge >= 0.3 is 0 Å². The molecule has 8 heteroatoms. The van der Waals surface area contributed by atoms with Crippen molar-refractivity contribution in [1.29, 1.82) is 0 Å². The molecule has 0 saturated heterocycles. The van der Waals surface area contributed by atoms with Crippen LogP contribution in [0.4, 0.5) is 14.6 Å². The number of anilines is 1. The number of nitrogens with one attached hydrogen (secondary N) is 1. The first-order chi connectivity index (χ1) is 8.88. The summed E-state index contributed by atoms with van der Waals surface area (Å²) in [4.78, 5) is 3.32. The van der Waals surface area contributed by atoms with Crippen molar-refractivity contribution in [3.05, 3.63) is 53.2 Å². The first kappa shape index (κ1) is 13.7. The van der Waals surface area contributed by atoms with Crippen LogP contribution >= 0.6 is 11.6 Å². The number of aromatic nitrogens is 1. The van der Waals surface area contributed by atoms with Crippen molar-refractivity contribution in [1.82, 2.24) is 4.98 Å². The molecule has 0 radical (unpaired) electrons. The summed E-state index contributed by atoms with van der Waals surface area (Å²) in [5.74, 6) is -2.39. The van der Waals surface area contributed by atoms with E-state index < -0.39 is 26.6 Å². The summed E-state index contributed by atoms with van der Waals surface area (Å²) >= 11 is 5.61. The SMILES string of the molecule is O=S(=O)(Nc1cccc(Cl)n1)c1ccc(F)c(F)c1. The second-order valence-corrected chi connectivity index (χ2v) is 5.60. The third kappa shape index (κ3) is 3.18. The highest BCUT2D eigenvalue weighted by atomic mass is 35.5. The van der Waals surface area contributed by atoms with Crippen molar-refractivity contribution in [2.24, 2.45) is 0 Å². The summed E-state index contributed by atoms with van der Waals surface area (Å²) in [5, 5.41) is 0.102. The molecule has 1 N–H and O–H groups in total. The van der Waals surface area contributed by atoms with Gasteiger partial charge in [0.05, 0.1) is 4.90 Å². The van der Waals surface area contributed by atoms with E-state index in [1.54, 1.807) is 0 Å². The summed E-state index contributed by atoms with van der Waals surface area (Å²) in [7, 11) is -4.05. The molecule has 0 bridgehead atoms. The molecule has 0 aliphatic rings. The van der Waals surface area contributed by atoms with Crippen molar-refractivity contribution in [2.45, 2.75) is 4.90 Å². The van der Waals surface area contributed by atoms with Gasteiger partial charge in [0.2, 0.25) is 0 Å². The lowest BCUT2D eigenvalue weighted by Crippen LogP contribution is -2.14. The molecule has 100 valence electrons. The fourth-order valence-electron chi connectivity index (χ4n) is 1.31. The van der Waals surface area contributed by atoms with Crippen LogP contribution in [0.25, 0.3) is 0 Å². The standard InChI is InChI=1S/C11H7ClF2N2O2S/c12-10-2-1-3-11(15-10)16-19(17,18)7-4-5-8(13)9(14)6-7/h1-6H,(H,15,16). The predicted molar refractivity (Wildman–Crippen MR) is 66.4 cm³/mol. The van der Waals surface area contributed by atoms with Crippen molar-refractivity contribution < 1.29 is 17.2 Å². The molecule has 0 spiro atoms. The smallest absolute Gasteiger partial charge is 0.263 e. The number of hydrogen-bond acceptors (Lipinski definition) is 3. The largest absolute Gasteiger partial charge is 0.263 e. The number of hydrogen-bond donors (Lipinski definition) is 1. The Kier molecular flexibility index (Phi) is 3.68. The molecule has 1 aromatic carbocycles. The van der Waals surface area contributed by atoms with Gasteiger partial charge in [-0.05, 0) is 30.3 Å². The van der Waals surface area contributed by atoms with E-state index in [0.717, 1.165) is 12.1 Å². The van der Waals surface area contributed by atoms with Crippen LogP contribution in [0.1, 0.15) is 0 Å². The maximum atomic E-state index is 13.0. The minimum Gasteiger partial charge on any atom is -0.263 e. The average molecular weight is 305 g/mol. The number of pyridine rings is 1. The normalized spacial score (nSPS) is 11.3. The fourth-order valence-corrected chi connectivity index (χ4v) is 2.48. The summed E-state index contributed by atoms with van der Waals surface area (Å²) in [6, 6.07) is 6.61. The van der Waals surface area contributed by atoms with E-state index in [4.69, 9.17) is 11.6 Å². The molecule has 0 atom stereocenters. The third-order valence-corrected chi connectivity index (χ3v) is 3.72. The molecule has 0 amide bonds. The van der Waals surface area contributed by atoms with Crippen LogP contribution in [0.3, 0.4) is 0 Å². The highest BCUT2D eigenvalue weighted by molar-refractivity contribution is 7.92. The molecule has 4 nitrogen and oxygen atoms in total. The molecular weight excluding hydrogens is 298 g/mol. The number of sulfonamides is 1. The van der Waals surface area contributed by atoms with Gasteiger partial charge in [0.15, 0.2) is 11.6 Å². The van der Waals surface area contributed by atoms with Gasteiger partial charge in [-0.1, -0.05) is 17.7 Å². The van der Waals surface area contributed by atoms with Gasteiger partial charge in [0, 0.05) is 0 Å². The predicted octanol–water partition coefficient (Wildman–Crippen LogP) is 2.81. The lowest BCUT2D eigenvalue weighted by atomic mass is 10.3. The van der Waals surface area contributed by atoms with E-state index in [1.165, 1.54) is 18.2 Å². The quantitative estimate of drug-likeness (QED) is 0.887. The molecule has 0 aliphatic carbocycles. The van der Waals surface area contributed by atoms with Crippen molar-refractivity contribution in [3.63, 3.8) is 0 Å². The molecule has 0 fully saturated rings. The molecular formula is C11H7ClF2N2O2S. The lowest BCUT2D eigenvalue weighted by molar-refractivity contribution is 0.504. The van der Waals surface area contributed by atoms with Crippen LogP contribution in [0.2, 0.25) is 5.15 Å². The second-order valence-electron chi connectivity index (χ2n) is 3.53. The Morgan fingerprint density at radius 3 is 2.47 bits per heavy atom. The Balaban J connectivity index is 2.35. The Labute approximate surface area is 113 Å². The van der Waals surface area contributed by atoms with Gasteiger partial charge in [0.1, 0.15) is 11.0 Å². The Morgan fingerprint density at radius 2 is 1.84 bits per heavy atom. The van der Waals surface area contributed by atoms with Crippen LogP contribution in [0, 0.1) is 11.6 Å². The van der Waals surface area contributed by atoms with Crippen molar-refractivity contribution in [2.75, 3.05) is 4.72 Å². The zero-order valence-corrected chi connectivity index (χ0v) is 10.8. The first-order valence-corrected chi connectivity index (χ1v) is 6.85. The number of nitrogens with zero attached hydrogens (tertiary/aromatic N) is 1. The molecule has 0 unspecified atom stereocenters. The highest BCUT2D eigenvalue weighted by Crippen LogP contribution is 2.18. The second kappa shape index (κ2) is 5.10. The van der Waals surface area contributed by atoms with Gasteiger partial charge in [-0.3, -0.25) is 4.72 Å². The fraction of sp³-hybridized carbons (Fsp3) is 0. The van der Waals surface area contributed by atoms with E-state index in [1.807, 2.05) is 0 Å². The molecule has 2 aromatic rings. The number of halogens is 3. The average Bonchev–Trinajstić information content (AvgIpc) is 2.32. The van der Waals surface area contributed by atoms with Gasteiger partial charge in [-0.15, -0.1) is 0 Å². The minimum atomic E-state index is -4.05. The van der Waals surface area contributed by atoms with Gasteiger partial charge in [0.25, 0.3) is 10.0 Å². The molecule has 0 saturated carbocycles. The zero-order valence-electron chi connectivity index (χ0n) is 9.27. The molecule has 2 rings (SSSR count). The van der Waals surface area contributed by atoms with Crippen LogP contribution in [-0.4, -0.2) is 13.4 Å². The van der Waals surface area contributed by atoms with Crippen molar-refractivity contribution in [3.8, 4) is 0 Å². The third-order valence-electron chi connectivity index (χ3n) is 2.16. The maximum absolute atomic E-state index is 13.0. The van der Waals surface area contributed by atoms with Crippen LogP contribution in [0.5, 0.6) is 0 Å². The molecule has 19 heavy (non-hydrogen) atoms. The molecule has 1 heterocycles. The summed E-state index contributed by atoms with van der Waals surface area (Å²) in [6.07, 6.45) is 0. The van der Waals surface area contributed by atoms with Crippen molar-refractivity contribution >= 4 is 27.4 Å². The van der Waals surface area contributed by atoms with Gasteiger partial charge < -0.3 is 0 Å². The highest BCUT2D eigenvalue weighted by Gasteiger charge is 2.17. The van der Waals surface area contributed by atoms with E-state index in [0.29, 0.717) is 6.07 Å². The van der Waals surface area contributed by atoms with Gasteiger partial charge in [-0.2, -0.15) is 0 Å². The van der Waals surface area contributed by atoms with Gasteiger partial charge in [-0.25, -0.2) is 22.2 Å². The Morgan fingerprint density at radius 1 is 1.11 bits per heavy atom.